The predicted molar refractivity (Wildman–Crippen MR) is 200 cm³/mol. The third-order valence-electron chi connectivity index (χ3n) is 11.5. The number of fused-ring (bicyclic) bond motifs is 8. The van der Waals surface area contributed by atoms with Crippen LogP contribution in [-0.4, -0.2) is 119 Å². The number of carbonyl (C=O) groups is 1. The fourth-order valence-electron chi connectivity index (χ4n) is 8.92. The smallest absolute Gasteiger partial charge is 0.461 e. The van der Waals surface area contributed by atoms with E-state index in [1.807, 2.05) is 15.6 Å². The van der Waals surface area contributed by atoms with Gasteiger partial charge in [0.15, 0.2) is 12.0 Å². The number of hydrogen-bond acceptors (Lipinski definition) is 13. The molecule has 6 aliphatic heterocycles. The van der Waals surface area contributed by atoms with Crippen molar-refractivity contribution >= 4 is 45.4 Å². The van der Waals surface area contributed by atoms with Crippen LogP contribution in [0.25, 0.3) is 33.1 Å². The number of carbonyl (C=O) groups excluding carboxylic acids is 1. The third kappa shape index (κ3) is 6.92. The second-order valence-corrected chi connectivity index (χ2v) is 15.3. The number of terminal acetylenes is 1. The molecule has 4 aromatic rings. The van der Waals surface area contributed by atoms with E-state index in [-0.39, 0.29) is 68.1 Å². The average Bonchev–Trinajstić information content (AvgIpc) is 3.83. The average molecular weight is 776 g/mol. The minimum absolute atomic E-state index is 0.00978. The van der Waals surface area contributed by atoms with Crippen LogP contribution in [-0.2, 0) is 30.1 Å². The van der Waals surface area contributed by atoms with Crippen LogP contribution in [0, 0.1) is 18.2 Å². The Morgan fingerprint density at radius 1 is 1.09 bits per heavy atom. The summed E-state index contributed by atoms with van der Waals surface area (Å²) in [5, 5.41) is 6.18. The molecule has 4 fully saturated rings. The molecule has 4 saturated heterocycles. The highest BCUT2D eigenvalue weighted by molar-refractivity contribution is 6.33. The van der Waals surface area contributed by atoms with Gasteiger partial charge in [-0.05, 0) is 69.5 Å². The van der Waals surface area contributed by atoms with Crippen LogP contribution < -0.4 is 9.64 Å². The Balaban J connectivity index is 1.18. The SMILES string of the molecule is C#CCO[C@@H]1CN2CCC[C@@]2(COc2nc3c4cnc(c(F)c4n2)-c2c(c(Cl)cc4c2cnn4C2CCCCO2)CCCOC(=O)O[C@@H]2COCCN3C2)C1. The number of rotatable bonds is 6. The highest BCUT2D eigenvalue weighted by Crippen LogP contribution is 2.43. The minimum Gasteiger partial charge on any atom is -0.461 e. The lowest BCUT2D eigenvalue weighted by Crippen LogP contribution is -2.43. The molecule has 6 bridgehead atoms. The van der Waals surface area contributed by atoms with E-state index in [0.29, 0.717) is 70.9 Å². The maximum absolute atomic E-state index is 17.5. The second-order valence-electron chi connectivity index (χ2n) is 14.9. The van der Waals surface area contributed by atoms with E-state index in [1.54, 1.807) is 12.4 Å². The topological polar surface area (TPSA) is 135 Å². The van der Waals surface area contributed by atoms with Gasteiger partial charge in [0.1, 0.15) is 36.3 Å². The summed E-state index contributed by atoms with van der Waals surface area (Å²) in [7, 11) is 0. The van der Waals surface area contributed by atoms with Crippen molar-refractivity contribution in [1.82, 2.24) is 29.6 Å². The summed E-state index contributed by atoms with van der Waals surface area (Å²) in [5.41, 5.74) is 1.68. The predicted octanol–water partition coefficient (Wildman–Crippen LogP) is 5.47. The summed E-state index contributed by atoms with van der Waals surface area (Å²) < 4.78 is 54.9. The highest BCUT2D eigenvalue weighted by Gasteiger charge is 2.49. The maximum atomic E-state index is 17.5. The first-order chi connectivity index (χ1) is 26.9. The van der Waals surface area contributed by atoms with E-state index in [4.69, 9.17) is 66.5 Å². The molecule has 55 heavy (non-hydrogen) atoms. The fraction of sp³-hybridized carbons (Fsp3) is 0.564. The van der Waals surface area contributed by atoms with E-state index in [9.17, 15) is 4.79 Å². The summed E-state index contributed by atoms with van der Waals surface area (Å²) in [6, 6.07) is 1.86. The lowest BCUT2D eigenvalue weighted by atomic mass is 9.94. The number of ether oxygens (including phenoxy) is 6. The Morgan fingerprint density at radius 3 is 2.89 bits per heavy atom. The standard InChI is InChI=1S/C39H43ClFN7O7/c1-2-12-51-24-17-39(9-6-10-47(39)21-24)23-54-37-44-34-28-18-42-35(33(34)41)32-26(29(40)16-30-27(32)19-43-48(30)31-8-3-4-13-52-31)7-5-14-53-38(49)55-25-20-46(36(28)45-37)11-15-50-22-25/h1,16,18-19,24-25,31H,3-15,17,20-23H2/t24-,25-,31?,39-/m0/s1. The van der Waals surface area contributed by atoms with Gasteiger partial charge in [0.25, 0.3) is 0 Å². The van der Waals surface area contributed by atoms with Gasteiger partial charge in [0.05, 0.1) is 55.1 Å². The van der Waals surface area contributed by atoms with E-state index in [0.717, 1.165) is 51.6 Å². The van der Waals surface area contributed by atoms with Crippen LogP contribution in [0.1, 0.15) is 56.7 Å². The third-order valence-corrected chi connectivity index (χ3v) is 11.8. The van der Waals surface area contributed by atoms with E-state index in [1.165, 1.54) is 0 Å². The van der Waals surface area contributed by atoms with Crippen molar-refractivity contribution in [3.63, 3.8) is 0 Å². The summed E-state index contributed by atoms with van der Waals surface area (Å²) >= 11 is 7.06. The Bertz CT molecular complexity index is 2140. The quantitative estimate of drug-likeness (QED) is 0.181. The number of aromatic nitrogens is 5. The lowest BCUT2D eigenvalue weighted by Gasteiger charge is -2.31. The number of pyridine rings is 1. The fourth-order valence-corrected chi connectivity index (χ4v) is 9.21. The molecule has 1 aromatic carbocycles. The summed E-state index contributed by atoms with van der Waals surface area (Å²) in [4.78, 5) is 31.6. The van der Waals surface area contributed by atoms with Gasteiger partial charge in [-0.3, -0.25) is 9.88 Å². The molecule has 10 rings (SSSR count). The van der Waals surface area contributed by atoms with Gasteiger partial charge < -0.3 is 33.3 Å². The second kappa shape index (κ2) is 15.3. The molecule has 0 spiro atoms. The molecule has 3 aromatic heterocycles. The maximum Gasteiger partial charge on any atom is 0.508 e. The first-order valence-electron chi connectivity index (χ1n) is 19.2. The number of benzene rings is 1. The number of nitrogens with zero attached hydrogens (tertiary/aromatic N) is 7. The normalized spacial score (nSPS) is 26.1. The molecular weight excluding hydrogens is 733 g/mol. The van der Waals surface area contributed by atoms with Gasteiger partial charge in [-0.2, -0.15) is 15.1 Å². The minimum atomic E-state index is -0.799. The Kier molecular flexibility index (Phi) is 10.1. The van der Waals surface area contributed by atoms with Gasteiger partial charge in [-0.25, -0.2) is 13.9 Å². The molecule has 0 aliphatic carbocycles. The first kappa shape index (κ1) is 36.3. The van der Waals surface area contributed by atoms with Crippen molar-refractivity contribution in [2.24, 2.45) is 0 Å². The van der Waals surface area contributed by atoms with Crippen molar-refractivity contribution in [1.29, 1.82) is 0 Å². The van der Waals surface area contributed by atoms with Crippen LogP contribution in [0.4, 0.5) is 15.0 Å². The molecule has 1 unspecified atom stereocenters. The van der Waals surface area contributed by atoms with E-state index < -0.39 is 18.1 Å². The van der Waals surface area contributed by atoms with E-state index in [2.05, 4.69) is 10.8 Å². The van der Waals surface area contributed by atoms with Crippen LogP contribution in [0.3, 0.4) is 0 Å². The van der Waals surface area contributed by atoms with Crippen LogP contribution in [0.2, 0.25) is 5.02 Å². The Morgan fingerprint density at radius 2 is 2.02 bits per heavy atom. The van der Waals surface area contributed by atoms with Gasteiger partial charge in [-0.1, -0.05) is 17.5 Å². The van der Waals surface area contributed by atoms with Gasteiger partial charge in [-0.15, -0.1) is 6.42 Å². The zero-order chi connectivity index (χ0) is 37.5. The summed E-state index contributed by atoms with van der Waals surface area (Å²) in [6.07, 6.45) is 13.3. The molecule has 9 heterocycles. The number of hydrogen-bond donors (Lipinski definition) is 0. The van der Waals surface area contributed by atoms with Crippen LogP contribution in [0.15, 0.2) is 18.5 Å². The molecule has 0 saturated carbocycles. The van der Waals surface area contributed by atoms with Gasteiger partial charge in [0, 0.05) is 41.9 Å². The molecule has 4 atom stereocenters. The number of anilines is 1. The molecule has 14 nitrogen and oxygen atoms in total. The van der Waals surface area contributed by atoms with Crippen molar-refractivity contribution < 1.29 is 37.6 Å². The molecule has 290 valence electrons. The van der Waals surface area contributed by atoms with E-state index >= 15 is 4.39 Å². The van der Waals surface area contributed by atoms with Crippen LogP contribution >= 0.6 is 11.6 Å². The Hall–Kier alpha value is -4.33. The Labute approximate surface area is 322 Å². The summed E-state index contributed by atoms with van der Waals surface area (Å²) in [6.45, 7) is 4.00. The van der Waals surface area contributed by atoms with Crippen molar-refractivity contribution in [2.75, 3.05) is 70.7 Å². The van der Waals surface area contributed by atoms with Gasteiger partial charge >= 0.3 is 12.2 Å². The number of halogens is 2. The monoisotopic (exact) mass is 775 g/mol. The molecule has 6 aliphatic rings. The van der Waals surface area contributed by atoms with Gasteiger partial charge in [0.2, 0.25) is 0 Å². The lowest BCUT2D eigenvalue weighted by molar-refractivity contribution is -0.0366. The largest absolute Gasteiger partial charge is 0.508 e. The van der Waals surface area contributed by atoms with Crippen molar-refractivity contribution in [3.8, 4) is 29.6 Å². The molecule has 0 N–H and O–H groups in total. The van der Waals surface area contributed by atoms with Crippen molar-refractivity contribution in [3.05, 3.63) is 34.9 Å². The zero-order valence-electron chi connectivity index (χ0n) is 30.5. The summed E-state index contributed by atoms with van der Waals surface area (Å²) in [5.74, 6) is 2.32. The van der Waals surface area contributed by atoms with Crippen LogP contribution in [0.5, 0.6) is 6.01 Å². The van der Waals surface area contributed by atoms with Crippen molar-refractivity contribution in [2.45, 2.75) is 75.3 Å². The molecule has 0 radical (unpaired) electrons. The molecule has 16 heteroatoms. The molecule has 0 amide bonds. The highest BCUT2D eigenvalue weighted by atomic mass is 35.5. The first-order valence-corrected chi connectivity index (χ1v) is 19.5. The molecular formula is C39H43ClFN7O7. The zero-order valence-corrected chi connectivity index (χ0v) is 31.3.